The van der Waals surface area contributed by atoms with Gasteiger partial charge in [-0.05, 0) is 31.5 Å². The second kappa shape index (κ2) is 7.96. The number of fused-ring (bicyclic) bond motifs is 1. The Balaban J connectivity index is 1.38. The third kappa shape index (κ3) is 3.33. The van der Waals surface area contributed by atoms with E-state index in [4.69, 9.17) is 4.42 Å². The van der Waals surface area contributed by atoms with Crippen molar-refractivity contribution in [1.82, 2.24) is 24.4 Å². The van der Waals surface area contributed by atoms with Crippen molar-refractivity contribution in [2.75, 3.05) is 26.2 Å². The lowest BCUT2D eigenvalue weighted by atomic mass is 10.1. The summed E-state index contributed by atoms with van der Waals surface area (Å²) in [5.74, 6) is 0.0665. The van der Waals surface area contributed by atoms with Crippen LogP contribution in [0.4, 0.5) is 0 Å². The average molecular weight is 429 g/mol. The van der Waals surface area contributed by atoms with Gasteiger partial charge in [0, 0.05) is 37.9 Å². The Labute approximate surface area is 185 Å². The number of rotatable bonds is 3. The number of nitrogens with zero attached hydrogens (tertiary/aromatic N) is 5. The van der Waals surface area contributed by atoms with Crippen molar-refractivity contribution in [3.63, 3.8) is 0 Å². The molecule has 0 atom stereocenters. The molecule has 4 heterocycles. The van der Waals surface area contributed by atoms with Gasteiger partial charge in [0.2, 0.25) is 0 Å². The van der Waals surface area contributed by atoms with Gasteiger partial charge in [0.15, 0.2) is 11.4 Å². The van der Waals surface area contributed by atoms with E-state index in [-0.39, 0.29) is 11.8 Å². The van der Waals surface area contributed by atoms with Crippen molar-refractivity contribution in [3.8, 4) is 11.1 Å². The molecule has 2 amide bonds. The molecule has 0 aliphatic carbocycles. The topological polar surface area (TPSA) is 84.0 Å². The summed E-state index contributed by atoms with van der Waals surface area (Å²) >= 11 is 0. The van der Waals surface area contributed by atoms with Crippen LogP contribution in [0.15, 0.2) is 59.3 Å². The van der Waals surface area contributed by atoms with E-state index in [9.17, 15) is 9.59 Å². The Morgan fingerprint density at radius 1 is 0.906 bits per heavy atom. The Bertz CT molecular complexity index is 1290. The maximum Gasteiger partial charge on any atom is 0.289 e. The highest BCUT2D eigenvalue weighted by atomic mass is 16.3. The first-order chi connectivity index (χ1) is 15.5. The molecule has 1 aliphatic heterocycles. The van der Waals surface area contributed by atoms with E-state index < -0.39 is 0 Å². The van der Waals surface area contributed by atoms with E-state index in [1.54, 1.807) is 32.6 Å². The summed E-state index contributed by atoms with van der Waals surface area (Å²) in [4.78, 5) is 33.8. The van der Waals surface area contributed by atoms with Gasteiger partial charge < -0.3 is 14.2 Å². The minimum atomic E-state index is -0.151. The highest BCUT2D eigenvalue weighted by Crippen LogP contribution is 2.28. The van der Waals surface area contributed by atoms with Crippen LogP contribution < -0.4 is 0 Å². The summed E-state index contributed by atoms with van der Waals surface area (Å²) in [5.41, 5.74) is 4.88. The summed E-state index contributed by atoms with van der Waals surface area (Å²) in [6.07, 6.45) is 3.13. The molecule has 8 heteroatoms. The molecule has 0 saturated carbocycles. The summed E-state index contributed by atoms with van der Waals surface area (Å²) < 4.78 is 6.95. The highest BCUT2D eigenvalue weighted by Gasteiger charge is 2.28. The minimum absolute atomic E-state index is 0.101. The monoisotopic (exact) mass is 429 g/mol. The fourth-order valence-corrected chi connectivity index (χ4v) is 4.19. The van der Waals surface area contributed by atoms with Crippen molar-refractivity contribution in [1.29, 1.82) is 0 Å². The maximum atomic E-state index is 13.3. The zero-order chi connectivity index (χ0) is 22.2. The Hall–Kier alpha value is -3.94. The first-order valence-electron chi connectivity index (χ1n) is 10.6. The summed E-state index contributed by atoms with van der Waals surface area (Å²) in [5, 5.41) is 4.66. The van der Waals surface area contributed by atoms with Gasteiger partial charge in [-0.1, -0.05) is 30.3 Å². The molecular formula is C24H23N5O3. The SMILES string of the molecule is Cc1nn2c(C)c(C(=O)N3CCN(C(=O)c4ccco4)CC3)cnc2c1-c1ccccc1. The van der Waals surface area contributed by atoms with Crippen LogP contribution >= 0.6 is 0 Å². The van der Waals surface area contributed by atoms with Crippen molar-refractivity contribution < 1.29 is 14.0 Å². The normalized spacial score (nSPS) is 14.2. The van der Waals surface area contributed by atoms with Gasteiger partial charge in [-0.25, -0.2) is 9.50 Å². The van der Waals surface area contributed by atoms with Crippen molar-refractivity contribution in [2.45, 2.75) is 13.8 Å². The van der Waals surface area contributed by atoms with Gasteiger partial charge >= 0.3 is 0 Å². The summed E-state index contributed by atoms with van der Waals surface area (Å²) in [6, 6.07) is 13.4. The number of aromatic nitrogens is 3. The number of benzene rings is 1. The lowest BCUT2D eigenvalue weighted by molar-refractivity contribution is 0.0517. The predicted molar refractivity (Wildman–Crippen MR) is 118 cm³/mol. The molecular weight excluding hydrogens is 406 g/mol. The fraction of sp³-hybridized carbons (Fsp3) is 0.250. The number of carbonyl (C=O) groups excluding carboxylic acids is 2. The lowest BCUT2D eigenvalue weighted by Crippen LogP contribution is -2.50. The number of furan rings is 1. The number of hydrogen-bond donors (Lipinski definition) is 0. The largest absolute Gasteiger partial charge is 0.459 e. The number of piperazine rings is 1. The van der Waals surface area contributed by atoms with Gasteiger partial charge in [-0.2, -0.15) is 5.10 Å². The van der Waals surface area contributed by atoms with Crippen LogP contribution in [-0.2, 0) is 0 Å². The van der Waals surface area contributed by atoms with Crippen LogP contribution in [0.1, 0.15) is 32.3 Å². The molecule has 8 nitrogen and oxygen atoms in total. The molecule has 0 spiro atoms. The fourth-order valence-electron chi connectivity index (χ4n) is 4.19. The third-order valence-corrected chi connectivity index (χ3v) is 5.94. The second-order valence-corrected chi connectivity index (χ2v) is 7.88. The first kappa shape index (κ1) is 20.0. The summed E-state index contributed by atoms with van der Waals surface area (Å²) in [6.45, 7) is 5.66. The molecule has 1 aliphatic rings. The molecule has 0 N–H and O–H groups in total. The lowest BCUT2D eigenvalue weighted by Gasteiger charge is -2.34. The molecule has 162 valence electrons. The average Bonchev–Trinajstić information content (AvgIpc) is 3.47. The summed E-state index contributed by atoms with van der Waals surface area (Å²) in [7, 11) is 0. The van der Waals surface area contributed by atoms with Crippen LogP contribution in [0.25, 0.3) is 16.8 Å². The smallest absolute Gasteiger partial charge is 0.289 e. The van der Waals surface area contributed by atoms with Crippen LogP contribution in [-0.4, -0.2) is 62.4 Å². The zero-order valence-electron chi connectivity index (χ0n) is 18.0. The molecule has 32 heavy (non-hydrogen) atoms. The van der Waals surface area contributed by atoms with Gasteiger partial charge in [0.05, 0.1) is 23.2 Å². The molecule has 5 rings (SSSR count). The standard InChI is InChI=1S/C24H23N5O3/c1-16-21(18-7-4-3-5-8-18)22-25-15-19(17(2)29(22)26-16)23(30)27-10-12-28(13-11-27)24(31)20-9-6-14-32-20/h3-9,14-15H,10-13H2,1-2H3. The molecule has 0 bridgehead atoms. The van der Waals surface area contributed by atoms with E-state index in [0.717, 1.165) is 28.2 Å². The number of hydrogen-bond acceptors (Lipinski definition) is 5. The van der Waals surface area contributed by atoms with Crippen LogP contribution in [0.5, 0.6) is 0 Å². The minimum Gasteiger partial charge on any atom is -0.459 e. The molecule has 0 radical (unpaired) electrons. The predicted octanol–water partition coefficient (Wildman–Crippen LogP) is 3.20. The van der Waals surface area contributed by atoms with Crippen LogP contribution in [0.3, 0.4) is 0 Å². The van der Waals surface area contributed by atoms with E-state index in [0.29, 0.717) is 37.5 Å². The molecule has 3 aromatic heterocycles. The Morgan fingerprint density at radius 2 is 1.59 bits per heavy atom. The van der Waals surface area contributed by atoms with Gasteiger partial charge in [0.25, 0.3) is 11.8 Å². The van der Waals surface area contributed by atoms with Gasteiger partial charge in [-0.15, -0.1) is 0 Å². The van der Waals surface area contributed by atoms with Gasteiger partial charge in [-0.3, -0.25) is 9.59 Å². The zero-order valence-corrected chi connectivity index (χ0v) is 18.0. The number of aryl methyl sites for hydroxylation is 2. The van der Waals surface area contributed by atoms with Crippen molar-refractivity contribution in [2.24, 2.45) is 0 Å². The molecule has 1 fully saturated rings. The first-order valence-corrected chi connectivity index (χ1v) is 10.6. The van der Waals surface area contributed by atoms with Crippen molar-refractivity contribution in [3.05, 3.63) is 77.6 Å². The molecule has 4 aromatic rings. The van der Waals surface area contributed by atoms with Crippen molar-refractivity contribution >= 4 is 17.5 Å². The van der Waals surface area contributed by atoms with E-state index in [2.05, 4.69) is 10.1 Å². The quantitative estimate of drug-likeness (QED) is 0.499. The number of carbonyl (C=O) groups is 2. The highest BCUT2D eigenvalue weighted by molar-refractivity contribution is 5.96. The maximum absolute atomic E-state index is 13.3. The van der Waals surface area contributed by atoms with E-state index in [1.165, 1.54) is 6.26 Å². The Kier molecular flexibility index (Phi) is 4.97. The molecule has 1 saturated heterocycles. The Morgan fingerprint density at radius 3 is 2.25 bits per heavy atom. The third-order valence-electron chi connectivity index (χ3n) is 5.94. The van der Waals surface area contributed by atoms with Gasteiger partial charge in [0.1, 0.15) is 0 Å². The van der Waals surface area contributed by atoms with Crippen LogP contribution in [0.2, 0.25) is 0 Å². The van der Waals surface area contributed by atoms with Crippen LogP contribution in [0, 0.1) is 13.8 Å². The van der Waals surface area contributed by atoms with E-state index >= 15 is 0 Å². The number of amides is 2. The second-order valence-electron chi connectivity index (χ2n) is 7.88. The molecule has 0 unspecified atom stereocenters. The molecule has 1 aromatic carbocycles. The van der Waals surface area contributed by atoms with E-state index in [1.807, 2.05) is 44.2 Å².